The number of alkyl halides is 1. The number of carbonyl (C=O) groups is 4. The molecule has 3 heterocycles. The first-order chi connectivity index (χ1) is 55.5. The summed E-state index contributed by atoms with van der Waals surface area (Å²) < 4.78 is 37.5. The van der Waals surface area contributed by atoms with Crippen LogP contribution in [0.4, 0.5) is 0 Å². The van der Waals surface area contributed by atoms with Crippen LogP contribution in [0.5, 0.6) is 17.2 Å². The Morgan fingerprint density at radius 2 is 0.899 bits per heavy atom. The van der Waals surface area contributed by atoms with Crippen LogP contribution >= 0.6 is 15.9 Å². The number of nitrogens with one attached hydrogen (secondary N) is 1. The van der Waals surface area contributed by atoms with E-state index in [4.69, 9.17) is 43.6 Å². The van der Waals surface area contributed by atoms with Gasteiger partial charge in [0.05, 0.1) is 115 Å². The summed E-state index contributed by atoms with van der Waals surface area (Å²) in [4.78, 5) is 51.5. The smallest absolute Gasteiger partial charge is 1.00 e. The van der Waals surface area contributed by atoms with E-state index in [2.05, 4.69) is 56.9 Å². The minimum Gasteiger partial charge on any atom is -1.00 e. The van der Waals surface area contributed by atoms with Crippen LogP contribution in [0.15, 0.2) is 73.2 Å². The van der Waals surface area contributed by atoms with Crippen LogP contribution < -0.4 is 122 Å². The maximum Gasteiger partial charge on any atom is 1.00 e. The standard InChI is InChI=1S/2C31H44N2O4.C23H37BrO3.C8H8N2O.CH2O3.CH4.2K.H/c1-29(35)14-15-31(19-36-3)20(16-29)8-9-21-23-10-11-25(30(23,2)13-12-24(21)31)27(34)18-33-17-22-26(32-33)6-5-7-28(22)37-4;1-29(35)14-15-31(19-36-3)20(16-29)8-9-21-23-10-11-25(30(23,2)13-12-24(21)31)27(34)18-33-26-6-5-7-28(37-4)22(26)17-32-33;1-21(26)10-11-23(14-27-3)15(12-21)4-5-16-17-6-7-19(20(25)13-24)22(17,2)9-8-18(16)23;1-11-8-4-2-3-7-6(8)5-9-10-7;2-1-4-3;;;;/h2*5-7,17,20-21,23-25,35H,8-16,18-19H2,1-4H3;15-19,26H,4-14H2,1-3H3;2-5H,1H3,(H,9,10);1,3H;1H4;;;/q;;;;;;2*+1;-1/p-1/t2*20-,21-,23-,24-,25+,29+,30-,31+;15-,16-,17-,18-,19+,21+,22-,23+;;;;;;/m000....../s1. The van der Waals surface area contributed by atoms with Gasteiger partial charge in [0, 0.05) is 45.3 Å². The van der Waals surface area contributed by atoms with Crippen LogP contribution in [-0.4, -0.2) is 154 Å². The van der Waals surface area contributed by atoms with Crippen LogP contribution in [0.1, 0.15) is 224 Å². The number of ketones is 3. The van der Waals surface area contributed by atoms with E-state index in [9.17, 15) is 29.7 Å². The van der Waals surface area contributed by atoms with Crippen molar-refractivity contribution in [3.63, 3.8) is 0 Å². The van der Waals surface area contributed by atoms with E-state index < -0.39 is 16.8 Å². The molecular weight excluding hydrogens is 1620 g/mol. The summed E-state index contributed by atoms with van der Waals surface area (Å²) >= 11 is 3.43. The first-order valence-corrected chi connectivity index (χ1v) is 45.1. The number of rotatable bonds is 18. The minimum atomic E-state index is -0.538. The molecule has 12 fully saturated rings. The van der Waals surface area contributed by atoms with Gasteiger partial charge in [-0.05, 0) is 334 Å². The molecule has 3 aromatic carbocycles. The third-order valence-corrected chi connectivity index (χ3v) is 35.0. The summed E-state index contributed by atoms with van der Waals surface area (Å²) in [5.74, 6) is 11.7. The molecule has 648 valence electrons. The molecule has 21 nitrogen and oxygen atoms in total. The van der Waals surface area contributed by atoms with Gasteiger partial charge in [-0.2, -0.15) is 15.3 Å². The summed E-state index contributed by atoms with van der Waals surface area (Å²) in [6.07, 6.45) is 35.3. The Hall–Kier alpha value is -2.58. The third kappa shape index (κ3) is 18.5. The van der Waals surface area contributed by atoms with Gasteiger partial charge in [0.1, 0.15) is 29.6 Å². The molecular formula is C95H139BrK2N6O15. The molecule has 12 saturated carbocycles. The number of hydrogen-bond acceptors (Lipinski definition) is 18. The van der Waals surface area contributed by atoms with Gasteiger partial charge < -0.3 is 55.3 Å². The fraction of sp³-hybridized carbons (Fsp3) is 0.737. The summed E-state index contributed by atoms with van der Waals surface area (Å²) in [5, 5.41) is 60.4. The first-order valence-electron chi connectivity index (χ1n) is 44.0. The Bertz CT molecular complexity index is 4430. The van der Waals surface area contributed by atoms with Crippen LogP contribution in [0.25, 0.3) is 32.7 Å². The Labute approximate surface area is 802 Å². The second-order valence-corrected chi connectivity index (χ2v) is 40.6. The van der Waals surface area contributed by atoms with Crippen molar-refractivity contribution in [3.8, 4) is 17.2 Å². The molecule has 0 aliphatic heterocycles. The molecule has 6 aromatic rings. The fourth-order valence-corrected chi connectivity index (χ4v) is 29.8. The zero-order chi connectivity index (χ0) is 82.5. The number of halogens is 1. The van der Waals surface area contributed by atoms with Crippen LogP contribution in [-0.2, 0) is 51.4 Å². The number of ether oxygens (including phenoxy) is 6. The predicted octanol–water partition coefficient (Wildman–Crippen LogP) is 11.1. The van der Waals surface area contributed by atoms with Crippen molar-refractivity contribution >= 4 is 72.5 Å². The van der Waals surface area contributed by atoms with Crippen LogP contribution in [0, 0.1) is 121 Å². The second kappa shape index (κ2) is 39.6. The normalized spacial score (nSPS) is 38.5. The number of Topliss-reactive ketones (excluding diaryl/α,β-unsaturated/α-hetero) is 3. The number of H-pyrrole nitrogens is 1. The maximum atomic E-state index is 13.9. The molecule has 0 unspecified atom stereocenters. The molecule has 0 bridgehead atoms. The van der Waals surface area contributed by atoms with Gasteiger partial charge in [-0.3, -0.25) is 33.6 Å². The predicted molar refractivity (Wildman–Crippen MR) is 455 cm³/mol. The number of benzene rings is 3. The van der Waals surface area contributed by atoms with E-state index in [1.807, 2.05) is 118 Å². The zero-order valence-electron chi connectivity index (χ0n) is 74.4. The quantitative estimate of drug-likeness (QED) is 0.0205. The number of nitrogens with zero attached hydrogens (tertiary/aromatic N) is 5. The number of methoxy groups -OCH3 is 6. The van der Waals surface area contributed by atoms with Gasteiger partial charge in [0.2, 0.25) is 0 Å². The van der Waals surface area contributed by atoms with E-state index in [-0.39, 0.29) is 168 Å². The van der Waals surface area contributed by atoms with Gasteiger partial charge in [0.25, 0.3) is 6.47 Å². The Kier molecular flexibility index (Phi) is 32.3. The van der Waals surface area contributed by atoms with E-state index >= 15 is 0 Å². The Morgan fingerprint density at radius 3 is 1.31 bits per heavy atom. The van der Waals surface area contributed by atoms with Gasteiger partial charge >= 0.3 is 103 Å². The van der Waals surface area contributed by atoms with Crippen molar-refractivity contribution in [1.29, 1.82) is 0 Å². The van der Waals surface area contributed by atoms with E-state index in [0.717, 1.165) is 178 Å². The summed E-state index contributed by atoms with van der Waals surface area (Å²) in [6, 6.07) is 17.6. The van der Waals surface area contributed by atoms with E-state index in [0.29, 0.717) is 101 Å². The first kappa shape index (κ1) is 97.0. The number of hydrogen-bond donors (Lipinski definition) is 4. The van der Waals surface area contributed by atoms with E-state index in [1.165, 1.54) is 70.6 Å². The molecule has 18 rings (SSSR count). The SMILES string of the molecule is C.COC[C@]12CC[C@@](C)(O)C[C@@H]1CC[C@H]1[C@@H]3CC[C@H](C(=O)CBr)[C@@]3(C)CC[C@@H]12.COC[C@]12CC[C@@](C)(O)C[C@@H]1CC[C@H]1[C@@H]3CC[C@H](C(=O)Cn4cc5c(OC)cccc5n4)[C@@]3(C)CC[C@@H]12.COC[C@]12CC[C@@](C)(O)C[C@@H]1CC[C@H]1[C@@H]3CC[C@H](C(=O)Cn4ncc5c(OC)cccc54)[C@@]3(C)CC[C@@H]12.COc1cccc2[nH]ncc12.O=CO[O-].[H-].[K+].[K+]. The zero-order valence-corrected chi connectivity index (χ0v) is 81.2. The van der Waals surface area contributed by atoms with Crippen molar-refractivity contribution in [2.75, 3.05) is 67.8 Å². The third-order valence-electron chi connectivity index (χ3n) is 34.5. The van der Waals surface area contributed by atoms with Crippen LogP contribution in [0.2, 0.25) is 0 Å². The Balaban J connectivity index is 0.000000172. The average molecular weight is 1760 g/mol. The monoisotopic (exact) mass is 1760 g/mol. The number of fused-ring (bicyclic) bond motifs is 18. The van der Waals surface area contributed by atoms with Crippen molar-refractivity contribution < 1.29 is 177 Å². The fourth-order valence-electron chi connectivity index (χ4n) is 29.4. The van der Waals surface area contributed by atoms with Gasteiger partial charge in [0.15, 0.2) is 11.6 Å². The molecule has 119 heavy (non-hydrogen) atoms. The number of aromatic amines is 1. The largest absolute Gasteiger partial charge is 1.00 e. The number of carbonyl (C=O) groups excluding carboxylic acids is 4. The molecule has 4 N–H and O–H groups in total. The average Bonchev–Trinajstić information content (AvgIpc) is 1.23. The molecule has 24 heteroatoms. The number of aromatic nitrogens is 6. The van der Waals surface area contributed by atoms with Crippen LogP contribution in [0.3, 0.4) is 0 Å². The summed E-state index contributed by atoms with van der Waals surface area (Å²) in [5.41, 5.74) is 2.24. The molecule has 24 atom stereocenters. The summed E-state index contributed by atoms with van der Waals surface area (Å²) in [7, 11) is 10.6. The topological polar surface area (TPSA) is 281 Å². The van der Waals surface area contributed by atoms with E-state index in [1.54, 1.807) is 27.5 Å². The van der Waals surface area contributed by atoms with Crippen molar-refractivity contribution in [2.45, 2.75) is 252 Å². The second-order valence-electron chi connectivity index (χ2n) is 40.0. The molecule has 12 aliphatic rings. The molecule has 0 radical (unpaired) electrons. The Morgan fingerprint density at radius 1 is 0.504 bits per heavy atom. The van der Waals surface area contributed by atoms with Crippen molar-refractivity contribution in [2.24, 2.45) is 121 Å². The molecule has 0 spiro atoms. The van der Waals surface area contributed by atoms with Crippen molar-refractivity contribution in [1.82, 2.24) is 29.8 Å². The minimum absolute atomic E-state index is 0. The molecule has 0 amide bonds. The summed E-state index contributed by atoms with van der Waals surface area (Å²) in [6.45, 7) is 16.3. The maximum absolute atomic E-state index is 13.9. The van der Waals surface area contributed by atoms with Crippen molar-refractivity contribution in [3.05, 3.63) is 73.2 Å². The molecule has 3 aromatic heterocycles. The molecule has 0 saturated heterocycles. The number of aliphatic hydroxyl groups is 3. The molecule has 12 aliphatic carbocycles. The van der Waals surface area contributed by atoms with Gasteiger partial charge in [-0.25, -0.2) is 0 Å². The van der Waals surface area contributed by atoms with Gasteiger partial charge in [-0.15, -0.1) is 0 Å². The van der Waals surface area contributed by atoms with Gasteiger partial charge in [-0.1, -0.05) is 62.3 Å².